The van der Waals surface area contributed by atoms with Crippen molar-refractivity contribution in [2.75, 3.05) is 5.75 Å². The van der Waals surface area contributed by atoms with E-state index in [0.717, 1.165) is 5.75 Å². The summed E-state index contributed by atoms with van der Waals surface area (Å²) in [6.07, 6.45) is 2.00. The molecule has 0 aliphatic carbocycles. The van der Waals surface area contributed by atoms with Crippen molar-refractivity contribution < 1.29 is 0 Å². The predicted molar refractivity (Wildman–Crippen MR) is 56.5 cm³/mol. The van der Waals surface area contributed by atoms with E-state index in [2.05, 4.69) is 37.8 Å². The van der Waals surface area contributed by atoms with Crippen molar-refractivity contribution in [3.8, 4) is 0 Å². The Morgan fingerprint density at radius 1 is 1.42 bits per heavy atom. The molecule has 0 amide bonds. The summed E-state index contributed by atoms with van der Waals surface area (Å²) in [5.41, 5.74) is 0. The van der Waals surface area contributed by atoms with Crippen LogP contribution < -0.4 is 0 Å². The third kappa shape index (κ3) is 3.14. The van der Waals surface area contributed by atoms with Crippen LogP contribution in [0.2, 0.25) is 0 Å². The molecule has 0 saturated carbocycles. The summed E-state index contributed by atoms with van der Waals surface area (Å²) >= 11 is 1.88. The molecule has 0 aromatic heterocycles. The molecule has 0 heterocycles. The van der Waals surface area contributed by atoms with Gasteiger partial charge in [0.15, 0.2) is 0 Å². The summed E-state index contributed by atoms with van der Waals surface area (Å²) in [6, 6.07) is 10.5. The van der Waals surface area contributed by atoms with Gasteiger partial charge in [0.25, 0.3) is 0 Å². The number of thioether (sulfide) groups is 1. The van der Waals surface area contributed by atoms with Crippen LogP contribution in [0.4, 0.5) is 0 Å². The first-order valence-corrected chi connectivity index (χ1v) is 5.12. The highest BCUT2D eigenvalue weighted by atomic mass is 32.2. The van der Waals surface area contributed by atoms with E-state index in [-0.39, 0.29) is 0 Å². The third-order valence-corrected chi connectivity index (χ3v) is 2.96. The number of rotatable bonds is 4. The Labute approximate surface area is 78.7 Å². The molecule has 12 heavy (non-hydrogen) atoms. The fourth-order valence-corrected chi connectivity index (χ4v) is 1.75. The minimum absolute atomic E-state index is 0.593. The lowest BCUT2D eigenvalue weighted by molar-refractivity contribution is 0.849. The molecular formula is C11H14S. The summed E-state index contributed by atoms with van der Waals surface area (Å²) in [5.74, 6) is 1.71. The lowest BCUT2D eigenvalue weighted by Crippen LogP contribution is -1.91. The molecule has 64 valence electrons. The van der Waals surface area contributed by atoms with Crippen molar-refractivity contribution >= 4 is 11.8 Å². The fourth-order valence-electron chi connectivity index (χ4n) is 0.812. The molecule has 0 fully saturated rings. The van der Waals surface area contributed by atoms with Gasteiger partial charge in [-0.1, -0.05) is 31.2 Å². The first-order chi connectivity index (χ1) is 5.83. The van der Waals surface area contributed by atoms with Crippen molar-refractivity contribution in [2.45, 2.75) is 11.8 Å². The van der Waals surface area contributed by atoms with Gasteiger partial charge in [0.05, 0.1) is 0 Å². The molecule has 1 aromatic carbocycles. The van der Waals surface area contributed by atoms with Crippen molar-refractivity contribution in [2.24, 2.45) is 5.92 Å². The second-order valence-electron chi connectivity index (χ2n) is 2.84. The normalized spacial score (nSPS) is 12.4. The Bertz CT molecular complexity index is 228. The molecule has 0 N–H and O–H groups in total. The standard InChI is InChI=1S/C11H14S/c1-3-10(2)9-12-11-7-5-4-6-8-11/h3-8,10H,1,9H2,2H3. The summed E-state index contributed by atoms with van der Waals surface area (Å²) in [4.78, 5) is 1.34. The van der Waals surface area contributed by atoms with Crippen LogP contribution >= 0.6 is 11.8 Å². The Hall–Kier alpha value is -0.690. The van der Waals surface area contributed by atoms with Gasteiger partial charge in [0.1, 0.15) is 0 Å². The molecular weight excluding hydrogens is 164 g/mol. The molecule has 0 spiro atoms. The predicted octanol–water partition coefficient (Wildman–Crippen LogP) is 3.60. The summed E-state index contributed by atoms with van der Waals surface area (Å²) in [6.45, 7) is 5.94. The largest absolute Gasteiger partial charge is 0.126 e. The first-order valence-electron chi connectivity index (χ1n) is 4.13. The van der Waals surface area contributed by atoms with E-state index in [4.69, 9.17) is 0 Å². The van der Waals surface area contributed by atoms with Gasteiger partial charge in [-0.15, -0.1) is 18.3 Å². The Kier molecular flexibility index (Phi) is 3.95. The molecule has 1 aromatic rings. The average Bonchev–Trinajstić information content (AvgIpc) is 2.16. The summed E-state index contributed by atoms with van der Waals surface area (Å²) < 4.78 is 0. The van der Waals surface area contributed by atoms with Gasteiger partial charge in [-0.2, -0.15) is 0 Å². The SMILES string of the molecule is C=CC(C)CSc1ccccc1. The molecule has 1 heteroatoms. The molecule has 0 nitrogen and oxygen atoms in total. The van der Waals surface area contributed by atoms with Gasteiger partial charge in [0, 0.05) is 10.6 Å². The van der Waals surface area contributed by atoms with Crippen LogP contribution in [0.15, 0.2) is 47.9 Å². The van der Waals surface area contributed by atoms with E-state index >= 15 is 0 Å². The Balaban J connectivity index is 2.38. The summed E-state index contributed by atoms with van der Waals surface area (Å²) in [7, 11) is 0. The number of hydrogen-bond donors (Lipinski definition) is 0. The molecule has 0 saturated heterocycles. The van der Waals surface area contributed by atoms with E-state index in [1.54, 1.807) is 0 Å². The minimum Gasteiger partial charge on any atom is -0.126 e. The smallest absolute Gasteiger partial charge is 0.00721 e. The second-order valence-corrected chi connectivity index (χ2v) is 3.93. The number of hydrogen-bond acceptors (Lipinski definition) is 1. The van der Waals surface area contributed by atoms with Gasteiger partial charge >= 0.3 is 0 Å². The van der Waals surface area contributed by atoms with Gasteiger partial charge in [0.2, 0.25) is 0 Å². The van der Waals surface area contributed by atoms with Gasteiger partial charge in [-0.3, -0.25) is 0 Å². The second kappa shape index (κ2) is 5.04. The monoisotopic (exact) mass is 178 g/mol. The molecule has 1 rings (SSSR count). The zero-order chi connectivity index (χ0) is 8.81. The van der Waals surface area contributed by atoms with Crippen LogP contribution in [0.1, 0.15) is 6.92 Å². The molecule has 1 unspecified atom stereocenters. The highest BCUT2D eigenvalue weighted by Gasteiger charge is 1.96. The van der Waals surface area contributed by atoms with Crippen molar-refractivity contribution in [3.05, 3.63) is 43.0 Å². The van der Waals surface area contributed by atoms with Gasteiger partial charge < -0.3 is 0 Å². The average molecular weight is 178 g/mol. The maximum Gasteiger partial charge on any atom is 0.00721 e. The van der Waals surface area contributed by atoms with Crippen LogP contribution in [-0.4, -0.2) is 5.75 Å². The highest BCUT2D eigenvalue weighted by Crippen LogP contribution is 2.19. The number of allylic oxidation sites excluding steroid dienone is 1. The van der Waals surface area contributed by atoms with Gasteiger partial charge in [-0.05, 0) is 18.1 Å². The maximum atomic E-state index is 3.76. The van der Waals surface area contributed by atoms with Crippen LogP contribution in [0.3, 0.4) is 0 Å². The zero-order valence-electron chi connectivity index (χ0n) is 7.36. The topological polar surface area (TPSA) is 0 Å². The van der Waals surface area contributed by atoms with Crippen LogP contribution in [0.5, 0.6) is 0 Å². The Morgan fingerprint density at radius 2 is 2.08 bits per heavy atom. The fraction of sp³-hybridized carbons (Fsp3) is 0.273. The molecule has 0 aliphatic heterocycles. The van der Waals surface area contributed by atoms with Gasteiger partial charge in [-0.25, -0.2) is 0 Å². The number of benzene rings is 1. The van der Waals surface area contributed by atoms with Crippen LogP contribution in [0.25, 0.3) is 0 Å². The van der Waals surface area contributed by atoms with Crippen molar-refractivity contribution in [3.63, 3.8) is 0 Å². The molecule has 1 atom stereocenters. The van der Waals surface area contributed by atoms with E-state index in [0.29, 0.717) is 5.92 Å². The van der Waals surface area contributed by atoms with Crippen molar-refractivity contribution in [1.82, 2.24) is 0 Å². The van der Waals surface area contributed by atoms with Crippen molar-refractivity contribution in [1.29, 1.82) is 0 Å². The zero-order valence-corrected chi connectivity index (χ0v) is 8.18. The molecule has 0 aliphatic rings. The van der Waals surface area contributed by atoms with Crippen LogP contribution in [-0.2, 0) is 0 Å². The van der Waals surface area contributed by atoms with E-state index < -0.39 is 0 Å². The third-order valence-electron chi connectivity index (χ3n) is 1.66. The lowest BCUT2D eigenvalue weighted by Gasteiger charge is -2.04. The first kappa shape index (κ1) is 9.40. The molecule has 0 bridgehead atoms. The Morgan fingerprint density at radius 3 is 2.67 bits per heavy atom. The minimum atomic E-state index is 0.593. The molecule has 0 radical (unpaired) electrons. The van der Waals surface area contributed by atoms with Crippen LogP contribution in [0, 0.1) is 5.92 Å². The quantitative estimate of drug-likeness (QED) is 0.501. The van der Waals surface area contributed by atoms with E-state index in [1.807, 2.05) is 23.9 Å². The van der Waals surface area contributed by atoms with E-state index in [1.165, 1.54) is 4.90 Å². The lowest BCUT2D eigenvalue weighted by atomic mass is 10.2. The van der Waals surface area contributed by atoms with E-state index in [9.17, 15) is 0 Å². The maximum absolute atomic E-state index is 3.76. The summed E-state index contributed by atoms with van der Waals surface area (Å²) in [5, 5.41) is 0. The highest BCUT2D eigenvalue weighted by molar-refractivity contribution is 7.99.